The predicted octanol–water partition coefficient (Wildman–Crippen LogP) is 5.24. The molecule has 1 heterocycles. The van der Waals surface area contributed by atoms with Crippen LogP contribution in [0.2, 0.25) is 5.02 Å². The highest BCUT2D eigenvalue weighted by Gasteiger charge is 2.16. The van der Waals surface area contributed by atoms with Crippen LogP contribution in [0.25, 0.3) is 11.5 Å². The van der Waals surface area contributed by atoms with Gasteiger partial charge < -0.3 is 14.5 Å². The smallest absolute Gasteiger partial charge is 0.277 e. The molecule has 1 amide bonds. The number of hydrogen-bond acceptors (Lipinski definition) is 8. The summed E-state index contributed by atoms with van der Waals surface area (Å²) in [6.45, 7) is 1.88. The van der Waals surface area contributed by atoms with E-state index in [1.165, 1.54) is 19.2 Å². The Morgan fingerprint density at radius 1 is 1.03 bits per heavy atom. The lowest BCUT2D eigenvalue weighted by molar-refractivity contribution is -0.113. The number of halogens is 1. The highest BCUT2D eigenvalue weighted by Crippen LogP contribution is 2.26. The number of ether oxygens (including phenoxy) is 1. The normalized spacial score (nSPS) is 11.2. The van der Waals surface area contributed by atoms with E-state index in [1.54, 1.807) is 48.5 Å². The van der Waals surface area contributed by atoms with Gasteiger partial charge in [0.2, 0.25) is 11.8 Å². The van der Waals surface area contributed by atoms with Gasteiger partial charge in [-0.05, 0) is 73.2 Å². The highest BCUT2D eigenvalue weighted by atomic mass is 35.5. The van der Waals surface area contributed by atoms with E-state index in [0.717, 1.165) is 17.3 Å². The van der Waals surface area contributed by atoms with Gasteiger partial charge in [-0.3, -0.25) is 9.52 Å². The van der Waals surface area contributed by atoms with Crippen molar-refractivity contribution in [3.05, 3.63) is 77.3 Å². The number of hydrogen-bond donors (Lipinski definition) is 2. The number of carbonyl (C=O) groups is 1. The van der Waals surface area contributed by atoms with Crippen molar-refractivity contribution in [3.8, 4) is 17.2 Å². The van der Waals surface area contributed by atoms with Crippen molar-refractivity contribution in [1.82, 2.24) is 10.2 Å². The number of sulfonamides is 1. The molecule has 3 aromatic carbocycles. The van der Waals surface area contributed by atoms with Crippen LogP contribution in [0.4, 0.5) is 11.4 Å². The first-order chi connectivity index (χ1) is 17.2. The molecule has 0 unspecified atom stereocenters. The lowest BCUT2D eigenvalue weighted by atomic mass is 10.2. The molecule has 2 N–H and O–H groups in total. The van der Waals surface area contributed by atoms with Crippen molar-refractivity contribution < 1.29 is 22.4 Å². The van der Waals surface area contributed by atoms with E-state index in [0.29, 0.717) is 27.7 Å². The van der Waals surface area contributed by atoms with Crippen LogP contribution in [0.1, 0.15) is 5.56 Å². The van der Waals surface area contributed by atoms with Crippen molar-refractivity contribution in [1.29, 1.82) is 0 Å². The van der Waals surface area contributed by atoms with Crippen LogP contribution in [0.5, 0.6) is 5.75 Å². The zero-order valence-corrected chi connectivity index (χ0v) is 21.6. The summed E-state index contributed by atoms with van der Waals surface area (Å²) < 4.78 is 38.4. The van der Waals surface area contributed by atoms with Crippen LogP contribution in [0.15, 0.2) is 81.3 Å². The summed E-state index contributed by atoms with van der Waals surface area (Å²) in [5.74, 6) is 0.632. The van der Waals surface area contributed by atoms with E-state index in [9.17, 15) is 13.2 Å². The Hall–Kier alpha value is -3.54. The average molecular weight is 545 g/mol. The maximum atomic E-state index is 12.6. The van der Waals surface area contributed by atoms with Crippen LogP contribution >= 0.6 is 23.4 Å². The fourth-order valence-corrected chi connectivity index (χ4v) is 4.83. The Morgan fingerprint density at radius 2 is 1.72 bits per heavy atom. The zero-order valence-electron chi connectivity index (χ0n) is 19.2. The van der Waals surface area contributed by atoms with Gasteiger partial charge >= 0.3 is 0 Å². The average Bonchev–Trinajstić information content (AvgIpc) is 3.34. The lowest BCUT2D eigenvalue weighted by Gasteiger charge is -2.09. The Labute approximate surface area is 217 Å². The molecule has 0 radical (unpaired) electrons. The maximum Gasteiger partial charge on any atom is 0.277 e. The summed E-state index contributed by atoms with van der Waals surface area (Å²) in [6, 6.07) is 17.8. The number of aromatic nitrogens is 2. The molecule has 0 aliphatic heterocycles. The van der Waals surface area contributed by atoms with Crippen molar-refractivity contribution in [2.75, 3.05) is 22.9 Å². The van der Waals surface area contributed by atoms with Gasteiger partial charge in [0.25, 0.3) is 15.2 Å². The first kappa shape index (κ1) is 25.5. The van der Waals surface area contributed by atoms with Crippen LogP contribution in [0, 0.1) is 6.92 Å². The van der Waals surface area contributed by atoms with E-state index < -0.39 is 10.0 Å². The number of nitrogens with zero attached hydrogens (tertiary/aromatic N) is 2. The number of benzene rings is 3. The Bertz CT molecular complexity index is 1470. The Kier molecular flexibility index (Phi) is 7.82. The minimum atomic E-state index is -3.76. The summed E-state index contributed by atoms with van der Waals surface area (Å²) >= 11 is 7.18. The molecule has 186 valence electrons. The van der Waals surface area contributed by atoms with Gasteiger partial charge in [0.15, 0.2) is 0 Å². The number of aryl methyl sites for hydroxylation is 1. The molecule has 1 aromatic heterocycles. The number of methoxy groups -OCH3 is 1. The van der Waals surface area contributed by atoms with Crippen molar-refractivity contribution in [2.24, 2.45) is 0 Å². The molecule has 0 aliphatic carbocycles. The molecule has 12 heteroatoms. The summed E-state index contributed by atoms with van der Waals surface area (Å²) in [6.07, 6.45) is 0. The molecule has 0 aliphatic rings. The van der Waals surface area contributed by atoms with Crippen LogP contribution in [-0.2, 0) is 14.8 Å². The van der Waals surface area contributed by atoms with Gasteiger partial charge in [-0.15, -0.1) is 10.2 Å². The van der Waals surface area contributed by atoms with Gasteiger partial charge in [0.05, 0.1) is 17.8 Å². The molecular weight excluding hydrogens is 524 g/mol. The van der Waals surface area contributed by atoms with Crippen LogP contribution < -0.4 is 14.8 Å². The summed E-state index contributed by atoms with van der Waals surface area (Å²) in [5, 5.41) is 11.5. The summed E-state index contributed by atoms with van der Waals surface area (Å²) in [7, 11) is -2.25. The number of carbonyl (C=O) groups excluding carboxylic acids is 1. The molecule has 0 bridgehead atoms. The second kappa shape index (κ2) is 11.0. The Morgan fingerprint density at radius 3 is 2.39 bits per heavy atom. The van der Waals surface area contributed by atoms with Crippen molar-refractivity contribution in [2.45, 2.75) is 17.0 Å². The molecule has 9 nitrogen and oxygen atoms in total. The van der Waals surface area contributed by atoms with E-state index in [4.69, 9.17) is 20.8 Å². The van der Waals surface area contributed by atoms with Gasteiger partial charge in [-0.2, -0.15) is 0 Å². The fraction of sp³-hybridized carbons (Fsp3) is 0.125. The number of thioether (sulfide) groups is 1. The lowest BCUT2D eigenvalue weighted by Crippen LogP contribution is -2.14. The van der Waals surface area contributed by atoms with Gasteiger partial charge in [0.1, 0.15) is 5.75 Å². The van der Waals surface area contributed by atoms with Crippen molar-refractivity contribution in [3.63, 3.8) is 0 Å². The second-order valence-electron chi connectivity index (χ2n) is 7.53. The topological polar surface area (TPSA) is 123 Å². The first-order valence-electron chi connectivity index (χ1n) is 10.5. The zero-order chi connectivity index (χ0) is 25.7. The van der Waals surface area contributed by atoms with Crippen molar-refractivity contribution >= 4 is 50.7 Å². The fourth-order valence-electron chi connectivity index (χ4n) is 3.03. The third-order valence-electron chi connectivity index (χ3n) is 4.94. The van der Waals surface area contributed by atoms with Crippen LogP contribution in [0.3, 0.4) is 0 Å². The summed E-state index contributed by atoms with van der Waals surface area (Å²) in [4.78, 5) is 12.3. The van der Waals surface area contributed by atoms with Gasteiger partial charge in [-0.1, -0.05) is 29.4 Å². The van der Waals surface area contributed by atoms with Gasteiger partial charge in [-0.25, -0.2) is 8.42 Å². The maximum absolute atomic E-state index is 12.6. The molecule has 4 aromatic rings. The number of amides is 1. The molecule has 36 heavy (non-hydrogen) atoms. The SMILES string of the molecule is COc1ccc(S(=O)(=O)Nc2ccc(-c3nnc(SCC(=O)Nc4ccc(C)c(Cl)c4)o3)cc2)cc1. The first-order valence-corrected chi connectivity index (χ1v) is 13.4. The predicted molar refractivity (Wildman–Crippen MR) is 139 cm³/mol. The Balaban J connectivity index is 1.34. The molecule has 0 atom stereocenters. The quantitative estimate of drug-likeness (QED) is 0.274. The minimum absolute atomic E-state index is 0.0687. The molecule has 4 rings (SSSR count). The molecule has 0 spiro atoms. The second-order valence-corrected chi connectivity index (χ2v) is 10.5. The number of rotatable bonds is 9. The number of anilines is 2. The third-order valence-corrected chi connectivity index (χ3v) is 7.57. The largest absolute Gasteiger partial charge is 0.497 e. The molecule has 0 fully saturated rings. The minimum Gasteiger partial charge on any atom is -0.497 e. The number of nitrogens with one attached hydrogen (secondary N) is 2. The van der Waals surface area contributed by atoms with Crippen LogP contribution in [-0.4, -0.2) is 37.4 Å². The van der Waals surface area contributed by atoms with E-state index in [2.05, 4.69) is 20.2 Å². The van der Waals surface area contributed by atoms with E-state index in [1.807, 2.05) is 13.0 Å². The molecule has 0 saturated heterocycles. The summed E-state index contributed by atoms with van der Waals surface area (Å²) in [5.41, 5.74) is 2.49. The third kappa shape index (κ3) is 6.36. The van der Waals surface area contributed by atoms with E-state index in [-0.39, 0.29) is 27.7 Å². The van der Waals surface area contributed by atoms with E-state index >= 15 is 0 Å². The molecular formula is C24H21ClN4O5S2. The van der Waals surface area contributed by atoms with Gasteiger partial charge in [0, 0.05) is 22.0 Å². The standard InChI is InChI=1S/C24H21ClN4O5S2/c1-15-3-6-18(13-21(15)25)26-22(30)14-35-24-28-27-23(34-24)16-4-7-17(8-5-16)29-36(31,32)20-11-9-19(33-2)10-12-20/h3-13,29H,14H2,1-2H3,(H,26,30). The monoisotopic (exact) mass is 544 g/mol. The molecule has 0 saturated carbocycles. The highest BCUT2D eigenvalue weighted by molar-refractivity contribution is 7.99.